The third kappa shape index (κ3) is 5.24. The van der Waals surface area contributed by atoms with Gasteiger partial charge < -0.3 is 10.1 Å². The molecule has 1 aromatic carbocycles. The Kier molecular flexibility index (Phi) is 7.57. The van der Waals surface area contributed by atoms with Crippen LogP contribution in [0.15, 0.2) is 41.4 Å². The molecule has 30 heavy (non-hydrogen) atoms. The van der Waals surface area contributed by atoms with Gasteiger partial charge in [0.2, 0.25) is 15.9 Å². The Balaban J connectivity index is 1.65. The minimum Gasteiger partial charge on any atom is -0.491 e. The highest BCUT2D eigenvalue weighted by Gasteiger charge is 2.33. The van der Waals surface area contributed by atoms with Gasteiger partial charge in [-0.15, -0.1) is 0 Å². The molecule has 0 bridgehead atoms. The third-order valence-electron chi connectivity index (χ3n) is 4.83. The lowest BCUT2D eigenvalue weighted by Crippen LogP contribution is -2.41. The van der Waals surface area contributed by atoms with Crippen LogP contribution in [-0.4, -0.2) is 43.3 Å². The summed E-state index contributed by atoms with van der Waals surface area (Å²) in [6.07, 6.45) is 3.07. The molecule has 1 N–H and O–H groups in total. The second-order valence-electron chi connectivity index (χ2n) is 6.95. The molecule has 1 fully saturated rings. The number of aromatic nitrogens is 1. The first-order chi connectivity index (χ1) is 14.3. The number of anilines is 1. The predicted molar refractivity (Wildman–Crippen MR) is 117 cm³/mol. The number of amides is 1. The van der Waals surface area contributed by atoms with Crippen LogP contribution in [0.3, 0.4) is 0 Å². The van der Waals surface area contributed by atoms with E-state index in [2.05, 4.69) is 10.3 Å². The third-order valence-corrected chi connectivity index (χ3v) is 7.41. The molecule has 1 saturated heterocycles. The van der Waals surface area contributed by atoms with Crippen molar-refractivity contribution in [3.63, 3.8) is 0 Å². The number of ether oxygens (including phenoxy) is 1. The minimum absolute atomic E-state index is 0.0220. The fourth-order valence-corrected chi connectivity index (χ4v) is 5.30. The lowest BCUT2D eigenvalue weighted by atomic mass is 9.97. The molecule has 3 rings (SSSR count). The molecule has 1 aliphatic rings. The van der Waals surface area contributed by atoms with Gasteiger partial charge in [-0.3, -0.25) is 4.79 Å². The highest BCUT2D eigenvalue weighted by Crippen LogP contribution is 2.31. The highest BCUT2D eigenvalue weighted by molar-refractivity contribution is 7.89. The van der Waals surface area contributed by atoms with Crippen molar-refractivity contribution in [1.82, 2.24) is 9.29 Å². The molecule has 1 aliphatic heterocycles. The van der Waals surface area contributed by atoms with Gasteiger partial charge in [0.05, 0.1) is 12.3 Å². The summed E-state index contributed by atoms with van der Waals surface area (Å²) in [6.45, 7) is 2.97. The zero-order chi connectivity index (χ0) is 21.7. The number of rotatable bonds is 7. The number of piperidine rings is 1. The monoisotopic (exact) mass is 471 g/mol. The quantitative estimate of drug-likeness (QED) is 0.610. The van der Waals surface area contributed by atoms with E-state index in [0.29, 0.717) is 35.9 Å². The Morgan fingerprint density at radius 3 is 2.67 bits per heavy atom. The molecule has 2 heterocycles. The molecule has 0 radical (unpaired) electrons. The number of benzene rings is 1. The van der Waals surface area contributed by atoms with E-state index < -0.39 is 10.0 Å². The molecule has 0 unspecified atom stereocenters. The molecule has 7 nitrogen and oxygen atoms in total. The number of nitrogens with zero attached hydrogens (tertiary/aromatic N) is 2. The normalized spacial score (nSPS) is 15.7. The van der Waals surface area contributed by atoms with Crippen molar-refractivity contribution in [3.8, 4) is 5.75 Å². The van der Waals surface area contributed by atoms with E-state index in [1.165, 1.54) is 22.6 Å². The van der Waals surface area contributed by atoms with E-state index in [1.807, 2.05) is 6.92 Å². The van der Waals surface area contributed by atoms with Crippen molar-refractivity contribution < 1.29 is 17.9 Å². The fourth-order valence-electron chi connectivity index (χ4n) is 3.23. The molecular formula is C20H23Cl2N3O4S. The van der Waals surface area contributed by atoms with E-state index in [1.54, 1.807) is 18.2 Å². The number of carbonyl (C=O) groups is 1. The van der Waals surface area contributed by atoms with Crippen molar-refractivity contribution >= 4 is 44.8 Å². The standard InChI is InChI=1S/C20H23Cl2N3O4S/c1-2-12-29-17-6-5-15(21)13-16(17)24-20(26)14-7-10-25(11-8-14)30(27,28)18-4-3-9-23-19(18)22/h3-6,9,13-14H,2,7-8,10-12H2,1H3,(H,24,26). The molecule has 162 valence electrons. The average molecular weight is 472 g/mol. The van der Waals surface area contributed by atoms with Crippen LogP contribution in [0.4, 0.5) is 5.69 Å². The van der Waals surface area contributed by atoms with Crippen LogP contribution in [0.1, 0.15) is 26.2 Å². The van der Waals surface area contributed by atoms with Gasteiger partial charge in [0.1, 0.15) is 15.8 Å². The predicted octanol–water partition coefficient (Wildman–Crippen LogP) is 4.22. The second kappa shape index (κ2) is 9.96. The van der Waals surface area contributed by atoms with Gasteiger partial charge in [0.25, 0.3) is 0 Å². The van der Waals surface area contributed by atoms with Gasteiger partial charge in [-0.1, -0.05) is 30.1 Å². The van der Waals surface area contributed by atoms with Crippen LogP contribution in [0.5, 0.6) is 5.75 Å². The number of carbonyl (C=O) groups excluding carboxylic acids is 1. The SMILES string of the molecule is CCCOc1ccc(Cl)cc1NC(=O)C1CCN(S(=O)(=O)c2cccnc2Cl)CC1. The van der Waals surface area contributed by atoms with Gasteiger partial charge >= 0.3 is 0 Å². The van der Waals surface area contributed by atoms with E-state index in [-0.39, 0.29) is 35.0 Å². The number of halogens is 2. The molecular weight excluding hydrogens is 449 g/mol. The number of sulfonamides is 1. The summed E-state index contributed by atoms with van der Waals surface area (Å²) in [7, 11) is -3.75. The Hall–Kier alpha value is -1.87. The Morgan fingerprint density at radius 1 is 1.27 bits per heavy atom. The van der Waals surface area contributed by atoms with Gasteiger partial charge in [-0.05, 0) is 49.6 Å². The van der Waals surface area contributed by atoms with Crippen LogP contribution in [0.25, 0.3) is 0 Å². The summed E-state index contributed by atoms with van der Waals surface area (Å²) in [4.78, 5) is 16.6. The maximum Gasteiger partial charge on any atom is 0.246 e. The van der Waals surface area contributed by atoms with E-state index in [4.69, 9.17) is 27.9 Å². The zero-order valence-electron chi connectivity index (χ0n) is 16.5. The Bertz CT molecular complexity index is 1010. The smallest absolute Gasteiger partial charge is 0.246 e. The summed E-state index contributed by atoms with van der Waals surface area (Å²) < 4.78 is 32.7. The number of nitrogens with one attached hydrogen (secondary N) is 1. The van der Waals surface area contributed by atoms with E-state index in [9.17, 15) is 13.2 Å². The number of hydrogen-bond donors (Lipinski definition) is 1. The van der Waals surface area contributed by atoms with Crippen LogP contribution in [-0.2, 0) is 14.8 Å². The lowest BCUT2D eigenvalue weighted by Gasteiger charge is -2.30. The minimum atomic E-state index is -3.75. The van der Waals surface area contributed by atoms with Gasteiger partial charge in [-0.2, -0.15) is 4.31 Å². The van der Waals surface area contributed by atoms with Crippen molar-refractivity contribution in [1.29, 1.82) is 0 Å². The number of pyridine rings is 1. The van der Waals surface area contributed by atoms with Crippen molar-refractivity contribution in [2.45, 2.75) is 31.1 Å². The van der Waals surface area contributed by atoms with E-state index >= 15 is 0 Å². The van der Waals surface area contributed by atoms with E-state index in [0.717, 1.165) is 6.42 Å². The summed E-state index contributed by atoms with van der Waals surface area (Å²) in [5, 5.41) is 3.31. The first kappa shape index (κ1) is 22.8. The molecule has 1 aromatic heterocycles. The summed E-state index contributed by atoms with van der Waals surface area (Å²) in [5.41, 5.74) is 0.512. The molecule has 10 heteroatoms. The lowest BCUT2D eigenvalue weighted by molar-refractivity contribution is -0.120. The molecule has 0 aliphatic carbocycles. The van der Waals surface area contributed by atoms with Crippen molar-refractivity contribution in [2.24, 2.45) is 5.92 Å². The Morgan fingerprint density at radius 2 is 2.00 bits per heavy atom. The first-order valence-electron chi connectivity index (χ1n) is 9.66. The van der Waals surface area contributed by atoms with Crippen LogP contribution in [0.2, 0.25) is 10.2 Å². The Labute approximate surface area is 186 Å². The summed E-state index contributed by atoms with van der Waals surface area (Å²) in [5.74, 6) is 0.0507. The van der Waals surface area contributed by atoms with Gasteiger partial charge in [-0.25, -0.2) is 13.4 Å². The maximum absolute atomic E-state index is 12.8. The molecule has 0 spiro atoms. The van der Waals surface area contributed by atoms with Crippen LogP contribution >= 0.6 is 23.2 Å². The largest absolute Gasteiger partial charge is 0.491 e. The molecule has 0 atom stereocenters. The van der Waals surface area contributed by atoms with Crippen molar-refractivity contribution in [3.05, 3.63) is 46.7 Å². The average Bonchev–Trinajstić information content (AvgIpc) is 2.73. The highest BCUT2D eigenvalue weighted by atomic mass is 35.5. The summed E-state index contributed by atoms with van der Waals surface area (Å²) >= 11 is 12.0. The summed E-state index contributed by atoms with van der Waals surface area (Å²) in [6, 6.07) is 8.03. The fraction of sp³-hybridized carbons (Fsp3) is 0.400. The van der Waals surface area contributed by atoms with Gasteiger partial charge in [0.15, 0.2) is 0 Å². The zero-order valence-corrected chi connectivity index (χ0v) is 18.8. The molecule has 2 aromatic rings. The van der Waals surface area contributed by atoms with Crippen LogP contribution < -0.4 is 10.1 Å². The van der Waals surface area contributed by atoms with Crippen LogP contribution in [0, 0.1) is 5.92 Å². The first-order valence-corrected chi connectivity index (χ1v) is 11.9. The second-order valence-corrected chi connectivity index (χ2v) is 9.65. The maximum atomic E-state index is 12.8. The molecule has 0 saturated carbocycles. The van der Waals surface area contributed by atoms with Gasteiger partial charge in [0, 0.05) is 30.2 Å². The molecule has 1 amide bonds. The topological polar surface area (TPSA) is 88.6 Å². The van der Waals surface area contributed by atoms with Crippen molar-refractivity contribution in [2.75, 3.05) is 25.0 Å². The number of hydrogen-bond acceptors (Lipinski definition) is 5.